The molecule has 0 saturated heterocycles. The van der Waals surface area contributed by atoms with Gasteiger partial charge in [-0.15, -0.1) is 11.3 Å². The van der Waals surface area contributed by atoms with Gasteiger partial charge in [0.25, 0.3) is 0 Å². The summed E-state index contributed by atoms with van der Waals surface area (Å²) in [6, 6.07) is 8.19. The van der Waals surface area contributed by atoms with Crippen LogP contribution in [-0.4, -0.2) is 6.61 Å². The van der Waals surface area contributed by atoms with Crippen molar-refractivity contribution >= 4 is 75.1 Å². The van der Waals surface area contributed by atoms with Crippen LogP contribution in [0.3, 0.4) is 0 Å². The molecule has 102 valence electrons. The van der Waals surface area contributed by atoms with E-state index in [0.29, 0.717) is 6.61 Å². The van der Waals surface area contributed by atoms with Gasteiger partial charge >= 0.3 is 0 Å². The summed E-state index contributed by atoms with van der Waals surface area (Å²) >= 11 is 16.2. The van der Waals surface area contributed by atoms with Crippen LogP contribution in [0, 0.1) is 0 Å². The maximum Gasteiger partial charge on any atom is 0.120 e. The van der Waals surface area contributed by atoms with Crippen molar-refractivity contribution in [3.8, 4) is 5.75 Å². The molecule has 6 heteroatoms. The SMILES string of the molecule is CCOc1ccc(C(Br)c2cc(Br)sc2Br)c(Br)c1. The molecule has 0 radical (unpaired) electrons. The second-order valence-corrected chi connectivity index (χ2v) is 9.28. The summed E-state index contributed by atoms with van der Waals surface area (Å²) in [5, 5.41) is 0. The quantitative estimate of drug-likeness (QED) is 0.388. The largest absolute Gasteiger partial charge is 0.494 e. The number of thiophene rings is 1. The summed E-state index contributed by atoms with van der Waals surface area (Å²) < 4.78 is 8.77. The summed E-state index contributed by atoms with van der Waals surface area (Å²) in [6.45, 7) is 2.65. The first-order valence-corrected chi connectivity index (χ1v) is 9.65. The van der Waals surface area contributed by atoms with E-state index in [2.05, 4.69) is 75.9 Å². The number of benzene rings is 1. The van der Waals surface area contributed by atoms with Gasteiger partial charge in [-0.3, -0.25) is 0 Å². The predicted molar refractivity (Wildman–Crippen MR) is 95.8 cm³/mol. The van der Waals surface area contributed by atoms with E-state index in [1.807, 2.05) is 19.1 Å². The number of hydrogen-bond acceptors (Lipinski definition) is 2. The molecule has 1 atom stereocenters. The van der Waals surface area contributed by atoms with Crippen molar-refractivity contribution in [2.45, 2.75) is 11.8 Å². The molecule has 1 aromatic heterocycles. The van der Waals surface area contributed by atoms with Crippen LogP contribution in [0.2, 0.25) is 0 Å². The molecule has 0 N–H and O–H groups in total. The van der Waals surface area contributed by atoms with E-state index in [-0.39, 0.29) is 4.83 Å². The van der Waals surface area contributed by atoms with E-state index in [4.69, 9.17) is 4.74 Å². The first-order chi connectivity index (χ1) is 9.02. The lowest BCUT2D eigenvalue weighted by atomic mass is 10.1. The van der Waals surface area contributed by atoms with Gasteiger partial charge in [-0.05, 0) is 68.1 Å². The fraction of sp³-hybridized carbons (Fsp3) is 0.231. The number of rotatable bonds is 4. The molecule has 0 saturated carbocycles. The minimum Gasteiger partial charge on any atom is -0.494 e. The van der Waals surface area contributed by atoms with E-state index in [1.54, 1.807) is 11.3 Å². The summed E-state index contributed by atoms with van der Waals surface area (Å²) in [7, 11) is 0. The van der Waals surface area contributed by atoms with Crippen LogP contribution < -0.4 is 4.74 Å². The van der Waals surface area contributed by atoms with Gasteiger partial charge in [-0.1, -0.05) is 37.9 Å². The van der Waals surface area contributed by atoms with Crippen molar-refractivity contribution in [1.29, 1.82) is 0 Å². The maximum absolute atomic E-state index is 5.49. The first kappa shape index (κ1) is 16.0. The fourth-order valence-corrected chi connectivity index (χ4v) is 6.68. The zero-order chi connectivity index (χ0) is 14.0. The van der Waals surface area contributed by atoms with Crippen molar-refractivity contribution in [2.24, 2.45) is 0 Å². The van der Waals surface area contributed by atoms with Crippen molar-refractivity contribution in [1.82, 2.24) is 0 Å². The van der Waals surface area contributed by atoms with Crippen molar-refractivity contribution in [3.05, 3.63) is 47.4 Å². The van der Waals surface area contributed by atoms with Crippen molar-refractivity contribution in [3.63, 3.8) is 0 Å². The Morgan fingerprint density at radius 3 is 2.42 bits per heavy atom. The molecule has 0 spiro atoms. The summed E-state index contributed by atoms with van der Waals surface area (Å²) in [6.07, 6.45) is 0. The third-order valence-corrected chi connectivity index (χ3v) is 6.57. The van der Waals surface area contributed by atoms with Crippen LogP contribution in [0.1, 0.15) is 22.9 Å². The Kier molecular flexibility index (Phi) is 5.96. The lowest BCUT2D eigenvalue weighted by Crippen LogP contribution is -1.96. The molecule has 2 aromatic rings. The van der Waals surface area contributed by atoms with Crippen molar-refractivity contribution < 1.29 is 4.74 Å². The Hall–Kier alpha value is 0.640. The molecule has 0 aliphatic heterocycles. The lowest BCUT2D eigenvalue weighted by molar-refractivity contribution is 0.340. The van der Waals surface area contributed by atoms with E-state index in [9.17, 15) is 0 Å². The molecular formula is C13H10Br4OS. The first-order valence-electron chi connectivity index (χ1n) is 5.54. The molecule has 1 nitrogen and oxygen atoms in total. The van der Waals surface area contributed by atoms with Gasteiger partial charge in [-0.25, -0.2) is 0 Å². The molecule has 0 aliphatic carbocycles. The fourth-order valence-electron chi connectivity index (χ4n) is 1.66. The molecule has 0 amide bonds. The standard InChI is InChI=1S/C13H10Br4OS/c1-2-18-7-3-4-8(10(14)5-7)12(16)9-6-11(15)19-13(9)17/h3-6,12H,2H2,1H3. The monoisotopic (exact) mass is 530 g/mol. The maximum atomic E-state index is 5.49. The molecule has 1 heterocycles. The van der Waals surface area contributed by atoms with E-state index in [1.165, 1.54) is 11.1 Å². The molecule has 1 aromatic carbocycles. The minimum absolute atomic E-state index is 0.134. The van der Waals surface area contributed by atoms with Crippen LogP contribution in [0.4, 0.5) is 0 Å². The highest BCUT2D eigenvalue weighted by Crippen LogP contribution is 2.44. The highest BCUT2D eigenvalue weighted by Gasteiger charge is 2.18. The van der Waals surface area contributed by atoms with Gasteiger partial charge in [0.05, 0.1) is 19.0 Å². The summed E-state index contributed by atoms with van der Waals surface area (Å²) in [5.41, 5.74) is 2.39. The topological polar surface area (TPSA) is 9.23 Å². The van der Waals surface area contributed by atoms with Gasteiger partial charge in [0.15, 0.2) is 0 Å². The third-order valence-electron chi connectivity index (χ3n) is 2.51. The van der Waals surface area contributed by atoms with E-state index in [0.717, 1.165) is 17.8 Å². The molecule has 0 fully saturated rings. The van der Waals surface area contributed by atoms with Crippen molar-refractivity contribution in [2.75, 3.05) is 6.61 Å². The van der Waals surface area contributed by atoms with Gasteiger partial charge in [0.1, 0.15) is 5.75 Å². The average Bonchev–Trinajstić information content (AvgIpc) is 2.68. The molecular weight excluding hydrogens is 524 g/mol. The van der Waals surface area contributed by atoms with E-state index < -0.39 is 0 Å². The highest BCUT2D eigenvalue weighted by molar-refractivity contribution is 9.12. The Bertz CT molecular complexity index is 582. The van der Waals surface area contributed by atoms with Crippen LogP contribution in [-0.2, 0) is 0 Å². The highest BCUT2D eigenvalue weighted by atomic mass is 79.9. The average molecular weight is 534 g/mol. The number of ether oxygens (including phenoxy) is 1. The van der Waals surface area contributed by atoms with Crippen LogP contribution in [0.15, 0.2) is 36.3 Å². The molecule has 1 unspecified atom stereocenters. The summed E-state index contributed by atoms with van der Waals surface area (Å²) in [5.74, 6) is 0.878. The second-order valence-electron chi connectivity index (χ2n) is 3.76. The van der Waals surface area contributed by atoms with Crippen LogP contribution in [0.5, 0.6) is 5.75 Å². The Labute approximate surface area is 150 Å². The van der Waals surface area contributed by atoms with Gasteiger partial charge < -0.3 is 4.74 Å². The molecule has 19 heavy (non-hydrogen) atoms. The van der Waals surface area contributed by atoms with Crippen LogP contribution >= 0.6 is 75.1 Å². The Morgan fingerprint density at radius 2 is 1.89 bits per heavy atom. The Morgan fingerprint density at radius 1 is 1.16 bits per heavy atom. The number of halogens is 4. The second kappa shape index (κ2) is 7.07. The lowest BCUT2D eigenvalue weighted by Gasteiger charge is -2.13. The van der Waals surface area contributed by atoms with E-state index >= 15 is 0 Å². The van der Waals surface area contributed by atoms with Gasteiger partial charge in [0.2, 0.25) is 0 Å². The zero-order valence-electron chi connectivity index (χ0n) is 9.92. The number of hydrogen-bond donors (Lipinski definition) is 0. The minimum atomic E-state index is 0.134. The molecule has 0 bridgehead atoms. The van der Waals surface area contributed by atoms with Gasteiger partial charge in [-0.2, -0.15) is 0 Å². The predicted octanol–water partition coefficient (Wildman–Crippen LogP) is 6.92. The molecule has 0 aliphatic rings. The Balaban J connectivity index is 2.33. The van der Waals surface area contributed by atoms with Gasteiger partial charge in [0, 0.05) is 4.47 Å². The molecule has 2 rings (SSSR count). The number of alkyl halides is 1. The summed E-state index contributed by atoms with van der Waals surface area (Å²) in [4.78, 5) is 0.134. The smallest absolute Gasteiger partial charge is 0.120 e. The third kappa shape index (κ3) is 3.84. The normalized spacial score (nSPS) is 12.5. The zero-order valence-corrected chi connectivity index (χ0v) is 17.1. The van der Waals surface area contributed by atoms with Crippen LogP contribution in [0.25, 0.3) is 0 Å².